The van der Waals surface area contributed by atoms with Crippen LogP contribution in [0.25, 0.3) is 11.6 Å². The summed E-state index contributed by atoms with van der Waals surface area (Å²) >= 11 is 0. The molecule has 2 fully saturated rings. The second-order valence-electron chi connectivity index (χ2n) is 5.84. The fourth-order valence-electron chi connectivity index (χ4n) is 2.74. The van der Waals surface area contributed by atoms with Crippen LogP contribution >= 0.6 is 12.4 Å². The van der Waals surface area contributed by atoms with Gasteiger partial charge in [-0.15, -0.1) is 12.4 Å². The number of halogens is 1. The number of rotatable bonds is 4. The molecule has 2 aromatic rings. The van der Waals surface area contributed by atoms with E-state index in [4.69, 9.17) is 4.52 Å². The maximum absolute atomic E-state index is 5.33. The Morgan fingerprint density at radius 2 is 2.24 bits per heavy atom. The van der Waals surface area contributed by atoms with E-state index in [2.05, 4.69) is 20.6 Å². The molecule has 4 rings (SSSR count). The SMILES string of the molecule is Cl.c1cn(C2CCCNC2)nc1-c1nc(CC2CC2)no1. The molecular weight excluding hydrogens is 290 g/mol. The smallest absolute Gasteiger partial charge is 0.278 e. The van der Waals surface area contributed by atoms with E-state index in [1.54, 1.807) is 0 Å². The zero-order valence-electron chi connectivity index (χ0n) is 11.9. The number of nitrogens with one attached hydrogen (secondary N) is 1. The van der Waals surface area contributed by atoms with E-state index in [1.807, 2.05) is 16.9 Å². The predicted molar refractivity (Wildman–Crippen MR) is 80.3 cm³/mol. The summed E-state index contributed by atoms with van der Waals surface area (Å²) < 4.78 is 7.35. The highest BCUT2D eigenvalue weighted by molar-refractivity contribution is 5.85. The molecule has 1 aliphatic heterocycles. The van der Waals surface area contributed by atoms with E-state index in [0.29, 0.717) is 11.9 Å². The van der Waals surface area contributed by atoms with Crippen LogP contribution in [0.2, 0.25) is 0 Å². The lowest BCUT2D eigenvalue weighted by molar-refractivity contribution is 0.346. The van der Waals surface area contributed by atoms with E-state index >= 15 is 0 Å². The van der Waals surface area contributed by atoms with Crippen molar-refractivity contribution in [1.82, 2.24) is 25.2 Å². The normalized spacial score (nSPS) is 22.0. The molecule has 0 radical (unpaired) electrons. The number of hydrogen-bond donors (Lipinski definition) is 1. The van der Waals surface area contributed by atoms with Crippen LogP contribution in [0.1, 0.15) is 37.5 Å². The first kappa shape index (κ1) is 14.5. The maximum atomic E-state index is 5.33. The van der Waals surface area contributed by atoms with Crippen molar-refractivity contribution in [2.24, 2.45) is 5.92 Å². The van der Waals surface area contributed by atoms with Crippen LogP contribution < -0.4 is 5.32 Å². The molecule has 6 nitrogen and oxygen atoms in total. The highest BCUT2D eigenvalue weighted by Crippen LogP contribution is 2.32. The van der Waals surface area contributed by atoms with Crippen LogP contribution in [0.5, 0.6) is 0 Å². The van der Waals surface area contributed by atoms with Gasteiger partial charge in [0.25, 0.3) is 5.89 Å². The molecule has 114 valence electrons. The summed E-state index contributed by atoms with van der Waals surface area (Å²) in [6, 6.07) is 2.40. The van der Waals surface area contributed by atoms with Crippen LogP contribution in [-0.2, 0) is 6.42 Å². The third kappa shape index (κ3) is 3.27. The lowest BCUT2D eigenvalue weighted by Gasteiger charge is -2.22. The maximum Gasteiger partial charge on any atom is 0.278 e. The highest BCUT2D eigenvalue weighted by Gasteiger charge is 2.24. The van der Waals surface area contributed by atoms with Gasteiger partial charge in [0, 0.05) is 19.2 Å². The largest absolute Gasteiger partial charge is 0.332 e. The van der Waals surface area contributed by atoms with Gasteiger partial charge < -0.3 is 9.84 Å². The van der Waals surface area contributed by atoms with Gasteiger partial charge in [-0.1, -0.05) is 5.16 Å². The Hall–Kier alpha value is -1.40. The third-order valence-corrected chi connectivity index (χ3v) is 4.11. The van der Waals surface area contributed by atoms with E-state index in [9.17, 15) is 0 Å². The topological polar surface area (TPSA) is 68.8 Å². The van der Waals surface area contributed by atoms with Gasteiger partial charge in [0.05, 0.1) is 6.04 Å². The van der Waals surface area contributed by atoms with Crippen LogP contribution in [-0.4, -0.2) is 33.0 Å². The van der Waals surface area contributed by atoms with Crippen molar-refractivity contribution in [1.29, 1.82) is 0 Å². The zero-order valence-corrected chi connectivity index (χ0v) is 12.7. The third-order valence-electron chi connectivity index (χ3n) is 4.11. The average molecular weight is 310 g/mol. The molecule has 0 bridgehead atoms. The van der Waals surface area contributed by atoms with E-state index in [1.165, 1.54) is 25.7 Å². The number of hydrogen-bond acceptors (Lipinski definition) is 5. The van der Waals surface area contributed by atoms with Crippen LogP contribution in [0.15, 0.2) is 16.8 Å². The van der Waals surface area contributed by atoms with Gasteiger partial charge in [0.15, 0.2) is 11.5 Å². The molecule has 1 atom stereocenters. The quantitative estimate of drug-likeness (QED) is 0.938. The molecule has 2 aliphatic rings. The van der Waals surface area contributed by atoms with Crippen molar-refractivity contribution in [2.75, 3.05) is 13.1 Å². The van der Waals surface area contributed by atoms with Gasteiger partial charge in [0.2, 0.25) is 0 Å². The van der Waals surface area contributed by atoms with Crippen molar-refractivity contribution in [3.63, 3.8) is 0 Å². The van der Waals surface area contributed by atoms with Crippen molar-refractivity contribution < 1.29 is 4.52 Å². The summed E-state index contributed by atoms with van der Waals surface area (Å²) in [5.74, 6) is 2.13. The van der Waals surface area contributed by atoms with Gasteiger partial charge in [-0.2, -0.15) is 10.1 Å². The minimum atomic E-state index is 0. The van der Waals surface area contributed by atoms with Gasteiger partial charge in [-0.05, 0) is 44.2 Å². The number of nitrogens with zero attached hydrogens (tertiary/aromatic N) is 4. The Morgan fingerprint density at radius 3 is 3.00 bits per heavy atom. The summed E-state index contributed by atoms with van der Waals surface area (Å²) in [6.07, 6.45) is 7.92. The second-order valence-corrected chi connectivity index (χ2v) is 5.84. The van der Waals surface area contributed by atoms with Crippen LogP contribution in [0, 0.1) is 5.92 Å². The molecule has 0 amide bonds. The molecule has 1 aliphatic carbocycles. The first-order valence-corrected chi connectivity index (χ1v) is 7.47. The molecule has 1 N–H and O–H groups in total. The van der Waals surface area contributed by atoms with Crippen molar-refractivity contribution in [2.45, 2.75) is 38.1 Å². The van der Waals surface area contributed by atoms with Crippen LogP contribution in [0.4, 0.5) is 0 Å². The van der Waals surface area contributed by atoms with E-state index in [-0.39, 0.29) is 12.4 Å². The Kier molecular flexibility index (Phi) is 4.26. The first-order chi connectivity index (χ1) is 9.88. The highest BCUT2D eigenvalue weighted by atomic mass is 35.5. The molecule has 7 heteroatoms. The molecule has 21 heavy (non-hydrogen) atoms. The predicted octanol–water partition coefficient (Wildman–Crippen LogP) is 2.23. The molecule has 1 saturated heterocycles. The average Bonchev–Trinajstić information content (AvgIpc) is 2.99. The lowest BCUT2D eigenvalue weighted by Crippen LogP contribution is -2.31. The number of piperidine rings is 1. The van der Waals surface area contributed by atoms with Crippen molar-refractivity contribution in [3.8, 4) is 11.6 Å². The zero-order chi connectivity index (χ0) is 13.4. The van der Waals surface area contributed by atoms with Gasteiger partial charge in [-0.3, -0.25) is 4.68 Å². The van der Waals surface area contributed by atoms with E-state index < -0.39 is 0 Å². The molecule has 0 aromatic carbocycles. The Morgan fingerprint density at radius 1 is 1.33 bits per heavy atom. The van der Waals surface area contributed by atoms with Gasteiger partial charge in [0.1, 0.15) is 0 Å². The minimum absolute atomic E-state index is 0. The summed E-state index contributed by atoms with van der Waals surface area (Å²) in [6.45, 7) is 2.09. The van der Waals surface area contributed by atoms with E-state index in [0.717, 1.165) is 36.9 Å². The standard InChI is InChI=1S/C14H19N5O.ClH/c1-2-11(9-15-6-1)19-7-5-12(17-19)14-16-13(18-20-14)8-10-3-4-10;/h5,7,10-11,15H,1-4,6,8-9H2;1H. The van der Waals surface area contributed by atoms with Gasteiger partial charge in [-0.25, -0.2) is 0 Å². The van der Waals surface area contributed by atoms with Crippen molar-refractivity contribution >= 4 is 12.4 Å². The molecule has 0 spiro atoms. The summed E-state index contributed by atoms with van der Waals surface area (Å²) in [5.41, 5.74) is 0.783. The minimum Gasteiger partial charge on any atom is -0.332 e. The Labute approximate surface area is 129 Å². The van der Waals surface area contributed by atoms with Crippen LogP contribution in [0.3, 0.4) is 0 Å². The molecule has 1 unspecified atom stereocenters. The molecule has 2 aromatic heterocycles. The lowest BCUT2D eigenvalue weighted by atomic mass is 10.1. The monoisotopic (exact) mass is 309 g/mol. The summed E-state index contributed by atoms with van der Waals surface area (Å²) in [5, 5.41) is 12.0. The fourth-order valence-corrected chi connectivity index (χ4v) is 2.74. The summed E-state index contributed by atoms with van der Waals surface area (Å²) in [4.78, 5) is 4.45. The van der Waals surface area contributed by atoms with Gasteiger partial charge >= 0.3 is 0 Å². The fraction of sp³-hybridized carbons (Fsp3) is 0.643. The molecule has 1 saturated carbocycles. The first-order valence-electron chi connectivity index (χ1n) is 7.47. The van der Waals surface area contributed by atoms with Crippen molar-refractivity contribution in [3.05, 3.63) is 18.1 Å². The molecular formula is C14H20ClN5O. The molecule has 3 heterocycles. The second kappa shape index (κ2) is 6.15. The Bertz CT molecular complexity index is 586. The summed E-state index contributed by atoms with van der Waals surface area (Å²) in [7, 11) is 0. The Balaban J connectivity index is 0.00000132. The number of aromatic nitrogens is 4.